The maximum atomic E-state index is 11.8. The van der Waals surface area contributed by atoms with Crippen molar-refractivity contribution in [1.29, 1.82) is 0 Å². The third kappa shape index (κ3) is 4.32. The van der Waals surface area contributed by atoms with Crippen molar-refractivity contribution in [3.63, 3.8) is 0 Å². The summed E-state index contributed by atoms with van der Waals surface area (Å²) >= 11 is 0. The van der Waals surface area contributed by atoms with E-state index in [-0.39, 0.29) is 6.23 Å². The lowest BCUT2D eigenvalue weighted by atomic mass is 10.1. The summed E-state index contributed by atoms with van der Waals surface area (Å²) in [6, 6.07) is 8.95. The largest absolute Gasteiger partial charge is 0.366 e. The summed E-state index contributed by atoms with van der Waals surface area (Å²) in [5.41, 5.74) is 7.74. The highest BCUT2D eigenvalue weighted by Gasteiger charge is 2.40. The fourth-order valence-corrected chi connectivity index (χ4v) is 3.83. The Balaban J connectivity index is 1.75. The van der Waals surface area contributed by atoms with Crippen molar-refractivity contribution >= 4 is 16.8 Å². The first-order valence-corrected chi connectivity index (χ1v) is 9.56. The average molecular weight is 374 g/mol. The number of aromatic amines is 1. The van der Waals surface area contributed by atoms with E-state index in [4.69, 9.17) is 15.5 Å². The Bertz CT molecular complexity index is 765. The number of H-pyrrole nitrogens is 1. The molecule has 0 bridgehead atoms. The number of carbonyl (C=O) groups is 1. The Hall–Kier alpha value is -1.93. The van der Waals surface area contributed by atoms with Gasteiger partial charge in [-0.15, -0.1) is 0 Å². The molecule has 2 unspecified atom stereocenters. The number of benzene rings is 1. The van der Waals surface area contributed by atoms with Crippen LogP contribution in [0.25, 0.3) is 10.9 Å². The quantitative estimate of drug-likeness (QED) is 0.692. The summed E-state index contributed by atoms with van der Waals surface area (Å²) in [7, 11) is 0. The fraction of sp³-hybridized carbons (Fsp3) is 0.550. The van der Waals surface area contributed by atoms with E-state index >= 15 is 0 Å². The smallest absolute Gasteiger partial charge is 0.265 e. The number of nitrogens with one attached hydrogen (secondary N) is 1. The molecule has 0 aliphatic carbocycles. The zero-order chi connectivity index (χ0) is 19.6. The predicted octanol–water partition coefficient (Wildman–Crippen LogP) is 2.23. The minimum atomic E-state index is -0.860. The lowest BCUT2D eigenvalue weighted by molar-refractivity contribution is -0.290. The maximum absolute atomic E-state index is 11.8. The first kappa shape index (κ1) is 19.8. The topological polar surface area (TPSA) is 83.8 Å². The molecule has 1 amide bonds. The summed E-state index contributed by atoms with van der Waals surface area (Å²) < 4.78 is 0. The van der Waals surface area contributed by atoms with Gasteiger partial charge < -0.3 is 10.7 Å². The molecule has 0 radical (unpaired) electrons. The average Bonchev–Trinajstić information content (AvgIpc) is 3.20. The number of amides is 1. The number of aromatic nitrogens is 1. The van der Waals surface area contributed by atoms with E-state index in [2.05, 4.69) is 43.6 Å². The zero-order valence-electron chi connectivity index (χ0n) is 16.5. The molecule has 1 aromatic carbocycles. The Morgan fingerprint density at radius 2 is 1.93 bits per heavy atom. The first-order valence-electron chi connectivity index (χ1n) is 9.56. The number of carbonyl (C=O) groups excluding carboxylic acids is 1. The molecule has 0 saturated carbocycles. The van der Waals surface area contributed by atoms with E-state index in [9.17, 15) is 4.79 Å². The molecule has 0 spiro atoms. The van der Waals surface area contributed by atoms with Crippen molar-refractivity contribution in [2.75, 3.05) is 13.1 Å². The second kappa shape index (κ2) is 8.39. The lowest BCUT2D eigenvalue weighted by Gasteiger charge is -2.33. The van der Waals surface area contributed by atoms with Gasteiger partial charge in [0.05, 0.1) is 0 Å². The highest BCUT2D eigenvalue weighted by Crippen LogP contribution is 2.26. The molecule has 7 nitrogen and oxygen atoms in total. The summed E-state index contributed by atoms with van der Waals surface area (Å²) in [6.45, 7) is 10.1. The maximum Gasteiger partial charge on any atom is 0.265 e. The van der Waals surface area contributed by atoms with Crippen LogP contribution in [0.1, 0.15) is 33.3 Å². The van der Waals surface area contributed by atoms with Crippen molar-refractivity contribution in [3.05, 3.63) is 36.0 Å². The highest BCUT2D eigenvalue weighted by molar-refractivity contribution is 5.83. The van der Waals surface area contributed by atoms with Crippen LogP contribution in [0.5, 0.6) is 0 Å². The normalized spacial score (nSPS) is 21.1. The summed E-state index contributed by atoms with van der Waals surface area (Å²) in [5.74, 6) is -0.530. The molecule has 1 aromatic heterocycles. The van der Waals surface area contributed by atoms with Gasteiger partial charge >= 0.3 is 0 Å². The van der Waals surface area contributed by atoms with E-state index in [0.29, 0.717) is 25.0 Å². The number of fused-ring (bicyclic) bond motifs is 1. The van der Waals surface area contributed by atoms with Gasteiger partial charge in [-0.3, -0.25) is 9.69 Å². The van der Waals surface area contributed by atoms with Gasteiger partial charge in [-0.1, -0.05) is 18.2 Å². The molecule has 7 heteroatoms. The molecule has 1 aliphatic heterocycles. The standard InChI is InChI=1S/C20H30N4O3/c1-13(2)23(14(3)4)9-10-24-18(26-27-20(24)19(21)25)11-15-12-22-17-8-6-5-7-16(15)17/h5-8,12-14,18,20,22H,9-11H2,1-4H3,(H2,21,25). The molecule has 3 rings (SSSR count). The minimum absolute atomic E-state index is 0.358. The van der Waals surface area contributed by atoms with E-state index in [0.717, 1.165) is 23.0 Å². The molecular weight excluding hydrogens is 344 g/mol. The van der Waals surface area contributed by atoms with Crippen LogP contribution < -0.4 is 5.73 Å². The van der Waals surface area contributed by atoms with Crippen molar-refractivity contribution in [1.82, 2.24) is 14.8 Å². The highest BCUT2D eigenvalue weighted by atomic mass is 17.2. The molecule has 3 N–H and O–H groups in total. The Morgan fingerprint density at radius 1 is 1.22 bits per heavy atom. The van der Waals surface area contributed by atoms with Crippen molar-refractivity contribution in [2.45, 2.75) is 58.7 Å². The van der Waals surface area contributed by atoms with Gasteiger partial charge in [0.2, 0.25) is 6.23 Å². The lowest BCUT2D eigenvalue weighted by Crippen LogP contribution is -2.50. The molecule has 2 aromatic rings. The van der Waals surface area contributed by atoms with Crippen LogP contribution in [0.4, 0.5) is 0 Å². The molecule has 27 heavy (non-hydrogen) atoms. The van der Waals surface area contributed by atoms with Gasteiger partial charge in [0.1, 0.15) is 0 Å². The van der Waals surface area contributed by atoms with Crippen LogP contribution in [-0.4, -0.2) is 58.3 Å². The van der Waals surface area contributed by atoms with Gasteiger partial charge in [-0.05, 0) is 39.3 Å². The second-order valence-electron chi connectivity index (χ2n) is 7.63. The molecule has 2 atom stereocenters. The van der Waals surface area contributed by atoms with Crippen molar-refractivity contribution in [3.8, 4) is 0 Å². The van der Waals surface area contributed by atoms with Crippen LogP contribution in [0.2, 0.25) is 0 Å². The Morgan fingerprint density at radius 3 is 2.59 bits per heavy atom. The van der Waals surface area contributed by atoms with Gasteiger partial charge in [0.15, 0.2) is 6.23 Å². The molecular formula is C20H30N4O3. The molecule has 1 aliphatic rings. The Labute approximate surface area is 160 Å². The summed E-state index contributed by atoms with van der Waals surface area (Å²) in [6.07, 6.45) is 1.37. The summed E-state index contributed by atoms with van der Waals surface area (Å²) in [5, 5.41) is 1.15. The van der Waals surface area contributed by atoms with E-state index in [1.165, 1.54) is 0 Å². The molecule has 1 saturated heterocycles. The van der Waals surface area contributed by atoms with Gasteiger partial charge in [-0.25, -0.2) is 14.7 Å². The molecule has 148 valence electrons. The van der Waals surface area contributed by atoms with Gasteiger partial charge in [-0.2, -0.15) is 0 Å². The van der Waals surface area contributed by atoms with Crippen LogP contribution in [0, 0.1) is 0 Å². The van der Waals surface area contributed by atoms with Crippen LogP contribution in [0.15, 0.2) is 30.5 Å². The van der Waals surface area contributed by atoms with E-state index in [1.54, 1.807) is 0 Å². The molecule has 2 heterocycles. The van der Waals surface area contributed by atoms with Crippen LogP contribution in [0.3, 0.4) is 0 Å². The van der Waals surface area contributed by atoms with Crippen molar-refractivity contribution in [2.24, 2.45) is 5.73 Å². The molecule has 1 fully saturated rings. The number of nitrogens with zero attached hydrogens (tertiary/aromatic N) is 2. The van der Waals surface area contributed by atoms with Crippen molar-refractivity contribution < 1.29 is 14.6 Å². The fourth-order valence-electron chi connectivity index (χ4n) is 3.83. The first-order chi connectivity index (χ1) is 12.9. The van der Waals surface area contributed by atoms with E-state index in [1.807, 2.05) is 29.3 Å². The second-order valence-corrected chi connectivity index (χ2v) is 7.63. The minimum Gasteiger partial charge on any atom is -0.366 e. The number of hydrogen-bond donors (Lipinski definition) is 2. The van der Waals surface area contributed by atoms with Crippen LogP contribution in [-0.2, 0) is 21.0 Å². The predicted molar refractivity (Wildman–Crippen MR) is 105 cm³/mol. The van der Waals surface area contributed by atoms with Gasteiger partial charge in [0, 0.05) is 48.7 Å². The third-order valence-electron chi connectivity index (χ3n) is 5.18. The third-order valence-corrected chi connectivity index (χ3v) is 5.18. The number of rotatable bonds is 8. The van der Waals surface area contributed by atoms with Gasteiger partial charge in [0.25, 0.3) is 5.91 Å². The van der Waals surface area contributed by atoms with Crippen LogP contribution >= 0.6 is 0 Å². The number of para-hydroxylation sites is 1. The van der Waals surface area contributed by atoms with E-state index < -0.39 is 12.1 Å². The monoisotopic (exact) mass is 374 g/mol. The SMILES string of the molecule is CC(C)N(CCN1C(Cc2c[nH]c3ccccc23)OOC1C(N)=O)C(C)C. The number of nitrogens with two attached hydrogens (primary N) is 1. The Kier molecular flexibility index (Phi) is 6.16. The number of primary amides is 1. The number of hydrogen-bond acceptors (Lipinski definition) is 5. The zero-order valence-corrected chi connectivity index (χ0v) is 16.5. The summed E-state index contributed by atoms with van der Waals surface area (Å²) in [4.78, 5) is 30.2.